The van der Waals surface area contributed by atoms with E-state index in [0.29, 0.717) is 23.8 Å². The summed E-state index contributed by atoms with van der Waals surface area (Å²) in [4.78, 5) is 27.9. The summed E-state index contributed by atoms with van der Waals surface area (Å²) in [5.74, 6) is 1.05. The van der Waals surface area contributed by atoms with Crippen molar-refractivity contribution in [2.45, 2.75) is 25.8 Å². The highest BCUT2D eigenvalue weighted by atomic mass is 16.2. The minimum absolute atomic E-state index is 0.0180. The number of pyridine rings is 1. The van der Waals surface area contributed by atoms with Crippen LogP contribution in [0, 0.1) is 6.92 Å². The average Bonchev–Trinajstić information content (AvgIpc) is 3.09. The van der Waals surface area contributed by atoms with Crippen LogP contribution in [0.1, 0.15) is 40.8 Å². The topological polar surface area (TPSA) is 85.0 Å². The largest absolute Gasteiger partial charge is 0.384 e. The fraction of sp³-hybridized carbons (Fsp3) is 0.263. The monoisotopic (exact) mass is 333 g/mol. The van der Waals surface area contributed by atoms with Crippen molar-refractivity contribution in [1.29, 1.82) is 0 Å². The van der Waals surface area contributed by atoms with Gasteiger partial charge in [-0.3, -0.25) is 9.78 Å². The van der Waals surface area contributed by atoms with Crippen molar-refractivity contribution in [2.24, 2.45) is 0 Å². The molecule has 4 rings (SSSR count). The van der Waals surface area contributed by atoms with Crippen LogP contribution in [0.15, 0.2) is 42.6 Å². The van der Waals surface area contributed by atoms with Crippen molar-refractivity contribution >= 4 is 22.6 Å². The van der Waals surface area contributed by atoms with Gasteiger partial charge in [-0.15, -0.1) is 0 Å². The van der Waals surface area contributed by atoms with Crippen LogP contribution >= 0.6 is 0 Å². The third kappa shape index (κ3) is 2.91. The summed E-state index contributed by atoms with van der Waals surface area (Å²) in [6.07, 6.45) is 3.47. The highest BCUT2D eigenvalue weighted by Gasteiger charge is 2.32. The Kier molecular flexibility index (Phi) is 3.80. The zero-order valence-electron chi connectivity index (χ0n) is 14.0. The van der Waals surface area contributed by atoms with E-state index in [1.807, 2.05) is 42.2 Å². The molecule has 0 aliphatic carbocycles. The molecule has 126 valence electrons. The summed E-state index contributed by atoms with van der Waals surface area (Å²) in [7, 11) is 0. The van der Waals surface area contributed by atoms with Crippen LogP contribution in [0.25, 0.3) is 10.9 Å². The van der Waals surface area contributed by atoms with E-state index in [2.05, 4.69) is 15.0 Å². The molecule has 1 saturated heterocycles. The second kappa shape index (κ2) is 6.12. The number of nitrogen functional groups attached to an aromatic ring is 1. The molecule has 0 bridgehead atoms. The zero-order chi connectivity index (χ0) is 17.4. The molecule has 3 heterocycles. The highest BCUT2D eigenvalue weighted by Crippen LogP contribution is 2.32. The second-order valence-corrected chi connectivity index (χ2v) is 6.34. The molecule has 1 aliphatic heterocycles. The van der Waals surface area contributed by atoms with Crippen LogP contribution in [-0.2, 0) is 0 Å². The normalized spacial score (nSPS) is 17.2. The van der Waals surface area contributed by atoms with Crippen LogP contribution in [-0.4, -0.2) is 32.3 Å². The molecule has 25 heavy (non-hydrogen) atoms. The Balaban J connectivity index is 1.67. The maximum Gasteiger partial charge on any atom is 0.256 e. The molecule has 1 aromatic carbocycles. The molecule has 1 aliphatic rings. The van der Waals surface area contributed by atoms with Gasteiger partial charge in [-0.1, -0.05) is 18.2 Å². The number of anilines is 1. The Bertz CT molecular complexity index is 935. The summed E-state index contributed by atoms with van der Waals surface area (Å²) < 4.78 is 0. The van der Waals surface area contributed by atoms with E-state index < -0.39 is 0 Å². The van der Waals surface area contributed by atoms with E-state index in [4.69, 9.17) is 5.73 Å². The van der Waals surface area contributed by atoms with E-state index in [1.54, 1.807) is 12.3 Å². The molecule has 1 atom stereocenters. The first-order valence-corrected chi connectivity index (χ1v) is 8.38. The average molecular weight is 333 g/mol. The molecular weight excluding hydrogens is 314 g/mol. The van der Waals surface area contributed by atoms with Crippen molar-refractivity contribution in [2.75, 3.05) is 12.3 Å². The summed E-state index contributed by atoms with van der Waals surface area (Å²) >= 11 is 0. The van der Waals surface area contributed by atoms with Crippen LogP contribution in [0.3, 0.4) is 0 Å². The maximum absolute atomic E-state index is 13.1. The molecule has 0 unspecified atom stereocenters. The number of fused-ring (bicyclic) bond motifs is 1. The Morgan fingerprint density at radius 2 is 2.08 bits per heavy atom. The highest BCUT2D eigenvalue weighted by molar-refractivity contribution is 5.97. The third-order valence-corrected chi connectivity index (χ3v) is 4.57. The van der Waals surface area contributed by atoms with Gasteiger partial charge in [0, 0.05) is 24.2 Å². The van der Waals surface area contributed by atoms with Crippen LogP contribution in [0.5, 0.6) is 0 Å². The summed E-state index contributed by atoms with van der Waals surface area (Å²) in [6.45, 7) is 2.52. The number of benzene rings is 1. The maximum atomic E-state index is 13.1. The van der Waals surface area contributed by atoms with Gasteiger partial charge in [0.25, 0.3) is 5.91 Å². The Morgan fingerprint density at radius 3 is 2.92 bits per heavy atom. The number of carbonyl (C=O) groups excluding carboxylic acids is 1. The van der Waals surface area contributed by atoms with Crippen molar-refractivity contribution < 1.29 is 4.79 Å². The minimum atomic E-state index is -0.0667. The molecule has 6 heteroatoms. The first kappa shape index (κ1) is 15.5. The standard InChI is InChI=1S/C19H19N5O/c1-12-22-16(10-18(20)23-12)17-7-4-8-24(17)19(25)14-9-13-5-2-3-6-15(13)21-11-14/h2-3,5-6,9-11,17H,4,7-8H2,1H3,(H2,20,22,23)/t17-/m0/s1. The van der Waals surface area contributed by atoms with E-state index >= 15 is 0 Å². The zero-order valence-corrected chi connectivity index (χ0v) is 14.0. The quantitative estimate of drug-likeness (QED) is 0.779. The van der Waals surface area contributed by atoms with Gasteiger partial charge in [-0.2, -0.15) is 0 Å². The van der Waals surface area contributed by atoms with E-state index in [1.165, 1.54) is 0 Å². The lowest BCUT2D eigenvalue weighted by Gasteiger charge is -2.24. The Labute approximate surface area is 145 Å². The minimum Gasteiger partial charge on any atom is -0.384 e. The number of nitrogens with zero attached hydrogens (tertiary/aromatic N) is 4. The number of carbonyl (C=O) groups is 1. The first-order chi connectivity index (χ1) is 12.1. The number of para-hydroxylation sites is 1. The smallest absolute Gasteiger partial charge is 0.256 e. The number of rotatable bonds is 2. The van der Waals surface area contributed by atoms with Gasteiger partial charge >= 0.3 is 0 Å². The molecule has 1 amide bonds. The van der Waals surface area contributed by atoms with Gasteiger partial charge in [0.15, 0.2) is 0 Å². The van der Waals surface area contributed by atoms with Gasteiger partial charge in [0.1, 0.15) is 11.6 Å². The molecule has 3 aromatic rings. The number of hydrogen-bond donors (Lipinski definition) is 1. The van der Waals surface area contributed by atoms with E-state index in [0.717, 1.165) is 29.4 Å². The lowest BCUT2D eigenvalue weighted by molar-refractivity contribution is 0.0732. The number of amides is 1. The molecule has 2 aromatic heterocycles. The molecule has 0 spiro atoms. The van der Waals surface area contributed by atoms with Crippen molar-refractivity contribution in [3.05, 3.63) is 59.7 Å². The van der Waals surface area contributed by atoms with E-state index in [9.17, 15) is 4.79 Å². The van der Waals surface area contributed by atoms with Crippen molar-refractivity contribution in [3.63, 3.8) is 0 Å². The summed E-state index contributed by atoms with van der Waals surface area (Å²) in [5.41, 5.74) is 8.15. The predicted molar refractivity (Wildman–Crippen MR) is 95.9 cm³/mol. The molecule has 1 fully saturated rings. The number of aromatic nitrogens is 3. The van der Waals surface area contributed by atoms with Crippen LogP contribution in [0.4, 0.5) is 5.82 Å². The number of hydrogen-bond acceptors (Lipinski definition) is 5. The fourth-order valence-corrected chi connectivity index (χ4v) is 3.46. The SMILES string of the molecule is Cc1nc(N)cc([C@@H]2CCCN2C(=O)c2cnc3ccccc3c2)n1. The molecule has 2 N–H and O–H groups in total. The Morgan fingerprint density at radius 1 is 1.24 bits per heavy atom. The van der Waals surface area contributed by atoms with Crippen molar-refractivity contribution in [1.82, 2.24) is 19.9 Å². The van der Waals surface area contributed by atoms with Gasteiger partial charge in [-0.25, -0.2) is 9.97 Å². The van der Waals surface area contributed by atoms with Gasteiger partial charge in [0.05, 0.1) is 22.8 Å². The van der Waals surface area contributed by atoms with E-state index in [-0.39, 0.29) is 11.9 Å². The van der Waals surface area contributed by atoms with Crippen LogP contribution < -0.4 is 5.73 Å². The molecular formula is C19H19N5O. The Hall–Kier alpha value is -3.02. The van der Waals surface area contributed by atoms with Gasteiger partial charge in [0.2, 0.25) is 0 Å². The van der Waals surface area contributed by atoms with Crippen molar-refractivity contribution in [3.8, 4) is 0 Å². The molecule has 6 nitrogen and oxygen atoms in total. The lowest BCUT2D eigenvalue weighted by atomic mass is 10.1. The molecule has 0 radical (unpaired) electrons. The fourth-order valence-electron chi connectivity index (χ4n) is 3.46. The molecule has 0 saturated carbocycles. The summed E-state index contributed by atoms with van der Waals surface area (Å²) in [6, 6.07) is 11.4. The third-order valence-electron chi connectivity index (χ3n) is 4.57. The second-order valence-electron chi connectivity index (χ2n) is 6.34. The number of likely N-dealkylation sites (tertiary alicyclic amines) is 1. The first-order valence-electron chi connectivity index (χ1n) is 8.38. The summed E-state index contributed by atoms with van der Waals surface area (Å²) in [5, 5.41) is 0.964. The van der Waals surface area contributed by atoms with Gasteiger partial charge < -0.3 is 10.6 Å². The number of nitrogens with two attached hydrogens (primary N) is 1. The lowest BCUT2D eigenvalue weighted by Crippen LogP contribution is -2.31. The predicted octanol–water partition coefficient (Wildman–Crippen LogP) is 2.89. The van der Waals surface area contributed by atoms with Gasteiger partial charge in [-0.05, 0) is 31.9 Å². The van der Waals surface area contributed by atoms with Crippen LogP contribution in [0.2, 0.25) is 0 Å². The number of aryl methyl sites for hydroxylation is 1.